The quantitative estimate of drug-likeness (QED) is 0.758. The number of para-hydroxylation sites is 1. The summed E-state index contributed by atoms with van der Waals surface area (Å²) in [5.41, 5.74) is 1.07. The molecule has 0 aliphatic carbocycles. The van der Waals surface area contributed by atoms with E-state index in [0.717, 1.165) is 17.8 Å². The molecule has 0 unspecified atom stereocenters. The van der Waals surface area contributed by atoms with Crippen LogP contribution in [0, 0.1) is 5.82 Å². The number of benzene rings is 2. The first kappa shape index (κ1) is 22.0. The summed E-state index contributed by atoms with van der Waals surface area (Å²) in [7, 11) is -1.74. The minimum atomic E-state index is -3.71. The second kappa shape index (κ2) is 9.90. The van der Waals surface area contributed by atoms with Crippen molar-refractivity contribution in [3.63, 3.8) is 0 Å². The van der Waals surface area contributed by atoms with Crippen molar-refractivity contribution >= 4 is 21.7 Å². The Balaban J connectivity index is 1.50. The summed E-state index contributed by atoms with van der Waals surface area (Å²) < 4.78 is 40.0. The van der Waals surface area contributed by atoms with Crippen molar-refractivity contribution in [3.05, 3.63) is 60.4 Å². The third kappa shape index (κ3) is 5.48. The summed E-state index contributed by atoms with van der Waals surface area (Å²) in [6.07, 6.45) is 0.539. The van der Waals surface area contributed by atoms with Crippen molar-refractivity contribution in [1.82, 2.24) is 14.5 Å². The third-order valence-corrected chi connectivity index (χ3v) is 7.03. The highest BCUT2D eigenvalue weighted by molar-refractivity contribution is 7.89. The minimum absolute atomic E-state index is 0.0609. The van der Waals surface area contributed by atoms with Crippen molar-refractivity contribution < 1.29 is 17.6 Å². The van der Waals surface area contributed by atoms with Crippen LogP contribution in [-0.2, 0) is 10.0 Å². The average Bonchev–Trinajstić information content (AvgIpc) is 3.01. The summed E-state index contributed by atoms with van der Waals surface area (Å²) in [6, 6.07) is 14.5. The first-order valence-corrected chi connectivity index (χ1v) is 11.4. The fourth-order valence-electron chi connectivity index (χ4n) is 3.35. The highest BCUT2D eigenvalue weighted by Crippen LogP contribution is 2.18. The Morgan fingerprint density at radius 2 is 1.73 bits per heavy atom. The summed E-state index contributed by atoms with van der Waals surface area (Å²) in [5, 5.41) is 2.91. The van der Waals surface area contributed by atoms with Gasteiger partial charge in [0.1, 0.15) is 5.82 Å². The van der Waals surface area contributed by atoms with Crippen molar-refractivity contribution in [2.75, 3.05) is 51.2 Å². The van der Waals surface area contributed by atoms with Gasteiger partial charge in [0.25, 0.3) is 0 Å². The molecule has 0 saturated carbocycles. The first-order chi connectivity index (χ1) is 14.4. The zero-order chi connectivity index (χ0) is 21.6. The van der Waals surface area contributed by atoms with Crippen LogP contribution in [0.3, 0.4) is 0 Å². The van der Waals surface area contributed by atoms with Gasteiger partial charge in [0.15, 0.2) is 0 Å². The molecule has 1 fully saturated rings. The summed E-state index contributed by atoms with van der Waals surface area (Å²) in [4.78, 5) is 16.3. The number of anilines is 1. The van der Waals surface area contributed by atoms with Gasteiger partial charge in [-0.25, -0.2) is 17.6 Å². The number of nitrogens with zero attached hydrogens (tertiary/aromatic N) is 3. The molecule has 0 radical (unpaired) electrons. The van der Waals surface area contributed by atoms with Crippen LogP contribution in [0.5, 0.6) is 0 Å². The predicted molar refractivity (Wildman–Crippen MR) is 114 cm³/mol. The molecule has 2 aromatic carbocycles. The van der Waals surface area contributed by atoms with Gasteiger partial charge < -0.3 is 15.1 Å². The fourth-order valence-corrected chi connectivity index (χ4v) is 4.82. The van der Waals surface area contributed by atoms with E-state index in [2.05, 4.69) is 10.2 Å². The average molecular weight is 435 g/mol. The summed E-state index contributed by atoms with van der Waals surface area (Å²) in [6.45, 7) is 2.46. The second-order valence-electron chi connectivity index (χ2n) is 7.19. The van der Waals surface area contributed by atoms with Gasteiger partial charge in [-0.2, -0.15) is 4.31 Å². The Bertz CT molecular complexity index is 938. The zero-order valence-corrected chi connectivity index (χ0v) is 17.8. The van der Waals surface area contributed by atoms with E-state index in [9.17, 15) is 17.6 Å². The number of hydrogen-bond acceptors (Lipinski definition) is 4. The van der Waals surface area contributed by atoms with Crippen LogP contribution in [0.25, 0.3) is 0 Å². The van der Waals surface area contributed by atoms with Crippen LogP contribution in [0.1, 0.15) is 6.42 Å². The second-order valence-corrected chi connectivity index (χ2v) is 9.13. The first-order valence-electron chi connectivity index (χ1n) is 9.92. The molecule has 7 nitrogen and oxygen atoms in total. The number of rotatable bonds is 6. The molecule has 1 aliphatic rings. The number of likely N-dealkylation sites (N-methyl/N-ethyl adjacent to an activating group) is 1. The maximum absolute atomic E-state index is 13.1. The van der Waals surface area contributed by atoms with Crippen LogP contribution in [-0.4, -0.2) is 70.0 Å². The van der Waals surface area contributed by atoms with E-state index in [1.165, 1.54) is 16.4 Å². The molecule has 2 aromatic rings. The van der Waals surface area contributed by atoms with E-state index in [1.54, 1.807) is 4.90 Å². The van der Waals surface area contributed by atoms with Crippen LogP contribution in [0.2, 0.25) is 0 Å². The molecule has 1 aliphatic heterocycles. The van der Waals surface area contributed by atoms with Crippen LogP contribution >= 0.6 is 0 Å². The number of urea groups is 1. The number of carbonyl (C=O) groups is 1. The van der Waals surface area contributed by atoms with E-state index in [0.29, 0.717) is 39.1 Å². The molecule has 0 atom stereocenters. The van der Waals surface area contributed by atoms with Crippen LogP contribution < -0.4 is 10.2 Å². The van der Waals surface area contributed by atoms with Crippen molar-refractivity contribution in [1.29, 1.82) is 0 Å². The van der Waals surface area contributed by atoms with E-state index >= 15 is 0 Å². The maximum atomic E-state index is 13.1. The maximum Gasteiger partial charge on any atom is 0.317 e. The largest absolute Gasteiger partial charge is 0.373 e. The fraction of sp³-hybridized carbons (Fsp3) is 0.381. The van der Waals surface area contributed by atoms with Gasteiger partial charge in [-0.15, -0.1) is 0 Å². The molecule has 9 heteroatoms. The summed E-state index contributed by atoms with van der Waals surface area (Å²) in [5.74, 6) is -0.481. The van der Waals surface area contributed by atoms with Gasteiger partial charge >= 0.3 is 6.03 Å². The lowest BCUT2D eigenvalue weighted by atomic mass is 10.3. The molecule has 162 valence electrons. The van der Waals surface area contributed by atoms with Gasteiger partial charge in [-0.1, -0.05) is 18.2 Å². The Labute approximate surface area is 177 Å². The van der Waals surface area contributed by atoms with Crippen LogP contribution in [0.4, 0.5) is 14.9 Å². The molecular formula is C21H27FN4O3S. The molecule has 1 heterocycles. The van der Waals surface area contributed by atoms with E-state index in [-0.39, 0.29) is 17.5 Å². The van der Waals surface area contributed by atoms with E-state index < -0.39 is 15.8 Å². The lowest BCUT2D eigenvalue weighted by Crippen LogP contribution is -2.44. The molecule has 0 aromatic heterocycles. The molecule has 1 N–H and O–H groups in total. The van der Waals surface area contributed by atoms with E-state index in [1.807, 2.05) is 37.4 Å². The van der Waals surface area contributed by atoms with Gasteiger partial charge in [-0.05, 0) is 42.8 Å². The highest BCUT2D eigenvalue weighted by Gasteiger charge is 2.28. The highest BCUT2D eigenvalue weighted by atomic mass is 32.2. The van der Waals surface area contributed by atoms with Crippen molar-refractivity contribution in [3.8, 4) is 0 Å². The zero-order valence-electron chi connectivity index (χ0n) is 17.0. The van der Waals surface area contributed by atoms with Gasteiger partial charge in [-0.3, -0.25) is 0 Å². The monoisotopic (exact) mass is 434 g/mol. The van der Waals surface area contributed by atoms with E-state index in [4.69, 9.17) is 0 Å². The Morgan fingerprint density at radius 3 is 2.43 bits per heavy atom. The Morgan fingerprint density at radius 1 is 1.03 bits per heavy atom. The smallest absolute Gasteiger partial charge is 0.317 e. The summed E-state index contributed by atoms with van der Waals surface area (Å²) >= 11 is 0. The number of nitrogens with one attached hydrogen (secondary N) is 1. The predicted octanol–water partition coefficient (Wildman–Crippen LogP) is 2.37. The Kier molecular flexibility index (Phi) is 7.28. The number of halogens is 1. The molecule has 0 bridgehead atoms. The molecular weight excluding hydrogens is 407 g/mol. The topological polar surface area (TPSA) is 73.0 Å². The van der Waals surface area contributed by atoms with Gasteiger partial charge in [0.2, 0.25) is 10.0 Å². The number of carbonyl (C=O) groups excluding carboxylic acids is 1. The molecule has 3 rings (SSSR count). The lowest BCUT2D eigenvalue weighted by molar-refractivity contribution is 0.200. The molecule has 1 saturated heterocycles. The van der Waals surface area contributed by atoms with Crippen molar-refractivity contribution in [2.24, 2.45) is 0 Å². The molecule has 30 heavy (non-hydrogen) atoms. The number of hydrogen-bond donors (Lipinski definition) is 1. The minimum Gasteiger partial charge on any atom is -0.373 e. The Hall–Kier alpha value is -2.65. The normalized spacial score (nSPS) is 15.5. The molecule has 2 amide bonds. The van der Waals surface area contributed by atoms with Gasteiger partial charge in [0.05, 0.1) is 4.90 Å². The SMILES string of the molecule is CN(CCNC(=O)N1CCCN(S(=O)(=O)c2ccc(F)cc2)CC1)c1ccccc1. The van der Waals surface area contributed by atoms with Gasteiger partial charge in [0, 0.05) is 52.0 Å². The third-order valence-electron chi connectivity index (χ3n) is 5.11. The van der Waals surface area contributed by atoms with Crippen molar-refractivity contribution in [2.45, 2.75) is 11.3 Å². The standard InChI is InChI=1S/C21H27FN4O3S/c1-24(19-6-3-2-4-7-19)15-12-23-21(27)25-13-5-14-26(17-16-25)30(28,29)20-10-8-18(22)9-11-20/h2-4,6-11H,5,12-17H2,1H3,(H,23,27). The molecule has 0 spiro atoms. The lowest BCUT2D eigenvalue weighted by Gasteiger charge is -2.24. The van der Waals surface area contributed by atoms with Crippen LogP contribution in [0.15, 0.2) is 59.5 Å². The number of amides is 2. The number of sulfonamides is 1.